The van der Waals surface area contributed by atoms with E-state index in [1.807, 2.05) is 12.1 Å². The maximum absolute atomic E-state index is 14.6. The third-order valence-corrected chi connectivity index (χ3v) is 4.68. The number of esters is 2. The summed E-state index contributed by atoms with van der Waals surface area (Å²) in [5, 5.41) is 0. The molecule has 0 spiro atoms. The van der Waals surface area contributed by atoms with Gasteiger partial charge in [-0.25, -0.2) is 14.0 Å². The van der Waals surface area contributed by atoms with Gasteiger partial charge in [-0.05, 0) is 42.0 Å². The summed E-state index contributed by atoms with van der Waals surface area (Å²) in [5.41, 5.74) is 3.55. The van der Waals surface area contributed by atoms with Crippen LogP contribution in [0.2, 0.25) is 0 Å². The zero-order chi connectivity index (χ0) is 25.0. The quantitative estimate of drug-likeness (QED) is 0.290. The van der Waals surface area contributed by atoms with E-state index in [1.165, 1.54) is 6.07 Å². The highest BCUT2D eigenvalue weighted by atomic mass is 19.1. The van der Waals surface area contributed by atoms with Crippen LogP contribution in [0.4, 0.5) is 4.39 Å². The van der Waals surface area contributed by atoms with Crippen molar-refractivity contribution in [3.63, 3.8) is 0 Å². The Bertz CT molecular complexity index is 1400. The highest BCUT2D eigenvalue weighted by Gasteiger charge is 2.04. The molecule has 3 aromatic carbocycles. The van der Waals surface area contributed by atoms with E-state index in [1.54, 1.807) is 48.5 Å². The second-order valence-electron chi connectivity index (χ2n) is 7.18. The monoisotopic (exact) mass is 464 g/mol. The Morgan fingerprint density at radius 3 is 2.11 bits per heavy atom. The van der Waals surface area contributed by atoms with Gasteiger partial charge in [0.1, 0.15) is 19.0 Å². The molecule has 3 rings (SSSR count). The van der Waals surface area contributed by atoms with Crippen molar-refractivity contribution in [2.75, 3.05) is 0 Å². The molecule has 172 valence electrons. The number of halogens is 1. The van der Waals surface area contributed by atoms with E-state index in [0.29, 0.717) is 16.7 Å². The van der Waals surface area contributed by atoms with Gasteiger partial charge < -0.3 is 9.47 Å². The minimum atomic E-state index is -0.519. The smallest absolute Gasteiger partial charge is 0.330 e. The van der Waals surface area contributed by atoms with Crippen LogP contribution in [-0.4, -0.2) is 11.9 Å². The Morgan fingerprint density at radius 2 is 1.40 bits per heavy atom. The Kier molecular flexibility index (Phi) is 8.77. The third-order valence-electron chi connectivity index (χ3n) is 4.68. The van der Waals surface area contributed by atoms with Crippen LogP contribution in [-0.2, 0) is 32.3 Å². The van der Waals surface area contributed by atoms with Gasteiger partial charge in [-0.1, -0.05) is 67.2 Å². The predicted octanol–water partition coefficient (Wildman–Crippen LogP) is 5.08. The summed E-state index contributed by atoms with van der Waals surface area (Å²) < 4.78 is 24.7. The van der Waals surface area contributed by atoms with Crippen molar-refractivity contribution in [3.05, 3.63) is 131 Å². The molecular weight excluding hydrogens is 443 g/mol. The fraction of sp³-hybridized carbons (Fsp3) is 0.0667. The first-order valence-electron chi connectivity index (χ1n) is 10.6. The average Bonchev–Trinajstić information content (AvgIpc) is 2.89. The molecule has 3 aromatic rings. The van der Waals surface area contributed by atoms with E-state index in [-0.39, 0.29) is 18.8 Å². The molecule has 0 amide bonds. The van der Waals surface area contributed by atoms with E-state index < -0.39 is 17.8 Å². The molecular formula is C30H21FO4. The molecule has 0 aliphatic heterocycles. The minimum absolute atomic E-state index is 0.0660. The first-order valence-corrected chi connectivity index (χ1v) is 10.6. The summed E-state index contributed by atoms with van der Waals surface area (Å²) in [4.78, 5) is 22.5. The number of rotatable bonds is 6. The van der Waals surface area contributed by atoms with Crippen molar-refractivity contribution in [1.29, 1.82) is 0 Å². The molecule has 0 saturated carbocycles. The average molecular weight is 464 g/mol. The zero-order valence-electron chi connectivity index (χ0n) is 18.8. The first-order chi connectivity index (χ1) is 17.0. The normalized spacial score (nSPS) is 9.51. The summed E-state index contributed by atoms with van der Waals surface area (Å²) in [6.45, 7) is 6.89. The van der Waals surface area contributed by atoms with Crippen LogP contribution >= 0.6 is 0 Å². The van der Waals surface area contributed by atoms with E-state index in [0.717, 1.165) is 23.3 Å². The topological polar surface area (TPSA) is 52.6 Å². The fourth-order valence-electron chi connectivity index (χ4n) is 2.90. The van der Waals surface area contributed by atoms with Crippen LogP contribution in [0.15, 0.2) is 92.0 Å². The Labute approximate surface area is 203 Å². The van der Waals surface area contributed by atoms with E-state index in [4.69, 9.17) is 9.47 Å². The SMILES string of the molecule is C=CC(=O)OCc1cccc(C#Cc2ccc(C#Cc3ccccc3COC(=O)C=C)cc2F)c1. The van der Waals surface area contributed by atoms with Crippen molar-refractivity contribution in [2.24, 2.45) is 0 Å². The fourth-order valence-corrected chi connectivity index (χ4v) is 2.90. The lowest BCUT2D eigenvalue weighted by Gasteiger charge is -2.04. The van der Waals surface area contributed by atoms with Crippen LogP contribution in [0, 0.1) is 29.5 Å². The van der Waals surface area contributed by atoms with Gasteiger partial charge in [-0.3, -0.25) is 0 Å². The molecule has 0 fully saturated rings. The molecule has 0 unspecified atom stereocenters. The van der Waals surface area contributed by atoms with Gasteiger partial charge in [0.15, 0.2) is 0 Å². The molecule has 0 saturated heterocycles. The van der Waals surface area contributed by atoms with Gasteiger partial charge in [-0.15, -0.1) is 0 Å². The van der Waals surface area contributed by atoms with Gasteiger partial charge in [0, 0.05) is 34.4 Å². The molecule has 0 bridgehead atoms. The molecule has 35 heavy (non-hydrogen) atoms. The second-order valence-corrected chi connectivity index (χ2v) is 7.18. The number of hydrogen-bond acceptors (Lipinski definition) is 4. The molecule has 4 nitrogen and oxygen atoms in total. The summed E-state index contributed by atoms with van der Waals surface area (Å²) in [7, 11) is 0. The van der Waals surface area contributed by atoms with Crippen molar-refractivity contribution < 1.29 is 23.5 Å². The van der Waals surface area contributed by atoms with Crippen molar-refractivity contribution in [3.8, 4) is 23.7 Å². The van der Waals surface area contributed by atoms with Crippen LogP contribution in [0.5, 0.6) is 0 Å². The Balaban J connectivity index is 1.73. The number of benzene rings is 3. The molecule has 0 aliphatic rings. The van der Waals surface area contributed by atoms with Crippen LogP contribution in [0.25, 0.3) is 0 Å². The van der Waals surface area contributed by atoms with Gasteiger partial charge >= 0.3 is 11.9 Å². The number of carbonyl (C=O) groups is 2. The summed E-state index contributed by atoms with van der Waals surface area (Å²) in [5.74, 6) is 10.2. The van der Waals surface area contributed by atoms with E-state index in [9.17, 15) is 14.0 Å². The van der Waals surface area contributed by atoms with E-state index >= 15 is 0 Å². The maximum atomic E-state index is 14.6. The lowest BCUT2D eigenvalue weighted by Crippen LogP contribution is -2.01. The largest absolute Gasteiger partial charge is 0.458 e. The van der Waals surface area contributed by atoms with Crippen LogP contribution < -0.4 is 0 Å². The van der Waals surface area contributed by atoms with Crippen molar-refractivity contribution >= 4 is 11.9 Å². The number of carbonyl (C=O) groups excluding carboxylic acids is 2. The lowest BCUT2D eigenvalue weighted by atomic mass is 10.1. The summed E-state index contributed by atoms with van der Waals surface area (Å²) in [6.07, 6.45) is 2.19. The molecule has 0 heterocycles. The van der Waals surface area contributed by atoms with Crippen LogP contribution in [0.1, 0.15) is 33.4 Å². The Hall–Kier alpha value is -4.87. The second kappa shape index (κ2) is 12.4. The minimum Gasteiger partial charge on any atom is -0.458 e. The molecule has 0 N–H and O–H groups in total. The maximum Gasteiger partial charge on any atom is 0.330 e. The predicted molar refractivity (Wildman–Crippen MR) is 131 cm³/mol. The third kappa shape index (κ3) is 7.60. The zero-order valence-corrected chi connectivity index (χ0v) is 18.8. The number of hydrogen-bond donors (Lipinski definition) is 0. The van der Waals surface area contributed by atoms with Gasteiger partial charge in [0.25, 0.3) is 0 Å². The highest BCUT2D eigenvalue weighted by Crippen LogP contribution is 2.12. The first kappa shape index (κ1) is 24.8. The lowest BCUT2D eigenvalue weighted by molar-refractivity contribution is -0.139. The molecule has 0 aliphatic carbocycles. The molecule has 5 heteroatoms. The number of ether oxygens (including phenoxy) is 2. The summed E-state index contributed by atoms with van der Waals surface area (Å²) >= 11 is 0. The summed E-state index contributed by atoms with van der Waals surface area (Å²) in [6, 6.07) is 19.0. The highest BCUT2D eigenvalue weighted by molar-refractivity contribution is 5.81. The van der Waals surface area contributed by atoms with Gasteiger partial charge in [0.2, 0.25) is 0 Å². The van der Waals surface area contributed by atoms with E-state index in [2.05, 4.69) is 36.8 Å². The molecule has 0 atom stereocenters. The molecule has 0 aromatic heterocycles. The van der Waals surface area contributed by atoms with Crippen molar-refractivity contribution in [2.45, 2.75) is 13.2 Å². The van der Waals surface area contributed by atoms with Gasteiger partial charge in [0.05, 0.1) is 5.56 Å². The Morgan fingerprint density at radius 1 is 0.743 bits per heavy atom. The molecule has 0 radical (unpaired) electrons. The standard InChI is InChI=1S/C30H21FO4/c1-3-29(32)34-20-24-9-7-8-22(18-24)13-16-26-17-14-23(19-28(26)31)12-15-25-10-5-6-11-27(25)21-35-30(33)4-2/h3-11,14,17-19H,1-2,20-21H2. The van der Waals surface area contributed by atoms with Gasteiger partial charge in [-0.2, -0.15) is 0 Å². The van der Waals surface area contributed by atoms with Crippen molar-refractivity contribution in [1.82, 2.24) is 0 Å². The van der Waals surface area contributed by atoms with Crippen LogP contribution in [0.3, 0.4) is 0 Å².